The number of hydrogen-bond donors (Lipinski definition) is 0. The van der Waals surface area contributed by atoms with Crippen LogP contribution in [0.2, 0.25) is 0 Å². The lowest BCUT2D eigenvalue weighted by Gasteiger charge is -2.04. The Morgan fingerprint density at radius 2 is 1.80 bits per heavy atom. The molecule has 3 rings (SSSR count). The van der Waals surface area contributed by atoms with E-state index in [1.165, 1.54) is 12.1 Å². The molecule has 5 heteroatoms. The molecule has 0 fully saturated rings. The third-order valence-corrected chi connectivity index (χ3v) is 4.54. The third-order valence-electron chi connectivity index (χ3n) is 4.54. The van der Waals surface area contributed by atoms with Crippen molar-refractivity contribution in [3.05, 3.63) is 64.9 Å². The molecule has 1 aromatic heterocycles. The first kappa shape index (κ1) is 17.1. The monoisotopic (exact) mass is 343 g/mol. The van der Waals surface area contributed by atoms with Gasteiger partial charge < -0.3 is 9.30 Å². The van der Waals surface area contributed by atoms with Crippen LogP contribution in [0.15, 0.2) is 36.4 Å². The minimum absolute atomic E-state index is 0.0546. The summed E-state index contributed by atoms with van der Waals surface area (Å²) in [4.78, 5) is 12.8. The second-order valence-corrected chi connectivity index (χ2v) is 6.10. The van der Waals surface area contributed by atoms with Gasteiger partial charge in [0.1, 0.15) is 17.4 Å². The van der Waals surface area contributed by atoms with Crippen LogP contribution in [-0.4, -0.2) is 17.5 Å². The Kier molecular flexibility index (Phi) is 4.57. The fourth-order valence-electron chi connectivity index (χ4n) is 3.17. The van der Waals surface area contributed by atoms with Gasteiger partial charge in [-0.1, -0.05) is 0 Å². The Bertz CT molecular complexity index is 940. The van der Waals surface area contributed by atoms with E-state index in [9.17, 15) is 13.6 Å². The smallest absolute Gasteiger partial charge is 0.165 e. The summed E-state index contributed by atoms with van der Waals surface area (Å²) in [6.45, 7) is 1.89. The molecule has 0 aliphatic rings. The first-order valence-electron chi connectivity index (χ1n) is 8.02. The molecule has 130 valence electrons. The number of Topliss-reactive ketones (excluding diaryl/α,β-unsaturated/α-hetero) is 1. The zero-order valence-electron chi connectivity index (χ0n) is 14.4. The minimum atomic E-state index is -0.631. The van der Waals surface area contributed by atoms with Crippen molar-refractivity contribution in [3.63, 3.8) is 0 Å². The molecule has 0 saturated heterocycles. The average Bonchev–Trinajstić information content (AvgIpc) is 2.82. The molecule has 1 heterocycles. The maximum Gasteiger partial charge on any atom is 0.165 e. The topological polar surface area (TPSA) is 31.2 Å². The van der Waals surface area contributed by atoms with E-state index in [1.807, 2.05) is 36.7 Å². The maximum absolute atomic E-state index is 13.3. The van der Waals surface area contributed by atoms with Crippen molar-refractivity contribution in [3.8, 4) is 5.75 Å². The molecule has 0 radical (unpaired) electrons. The number of aryl methyl sites for hydroxylation is 2. The lowest BCUT2D eigenvalue weighted by Crippen LogP contribution is -2.04. The van der Waals surface area contributed by atoms with Crippen LogP contribution in [0.25, 0.3) is 10.9 Å². The summed E-state index contributed by atoms with van der Waals surface area (Å²) in [6.07, 6.45) is 0.466. The predicted molar refractivity (Wildman–Crippen MR) is 93.2 cm³/mol. The van der Waals surface area contributed by atoms with E-state index in [-0.39, 0.29) is 18.6 Å². The van der Waals surface area contributed by atoms with Crippen molar-refractivity contribution < 1.29 is 18.3 Å². The van der Waals surface area contributed by atoms with Gasteiger partial charge in [-0.15, -0.1) is 0 Å². The highest BCUT2D eigenvalue weighted by Crippen LogP contribution is 2.29. The molecule has 0 aliphatic heterocycles. The first-order valence-corrected chi connectivity index (χ1v) is 8.02. The van der Waals surface area contributed by atoms with Crippen LogP contribution in [0, 0.1) is 18.6 Å². The van der Waals surface area contributed by atoms with Crippen LogP contribution in [0.3, 0.4) is 0 Å². The fourth-order valence-corrected chi connectivity index (χ4v) is 3.17. The summed E-state index contributed by atoms with van der Waals surface area (Å²) in [5.74, 6) is -0.637. The first-order chi connectivity index (χ1) is 11.9. The van der Waals surface area contributed by atoms with E-state index in [1.54, 1.807) is 7.11 Å². The number of nitrogens with zero attached hydrogens (tertiary/aromatic N) is 1. The highest BCUT2D eigenvalue weighted by molar-refractivity contribution is 6.09. The molecule has 25 heavy (non-hydrogen) atoms. The Hall–Kier alpha value is -2.69. The second kappa shape index (κ2) is 6.67. The number of aromatic nitrogens is 1. The molecule has 3 aromatic rings. The molecule has 0 saturated carbocycles. The zero-order chi connectivity index (χ0) is 18.1. The van der Waals surface area contributed by atoms with Crippen LogP contribution in [-0.2, 0) is 13.5 Å². The largest absolute Gasteiger partial charge is 0.497 e. The predicted octanol–water partition coefficient (Wildman–Crippen LogP) is 4.59. The van der Waals surface area contributed by atoms with Gasteiger partial charge >= 0.3 is 0 Å². The summed E-state index contributed by atoms with van der Waals surface area (Å²) >= 11 is 0. The van der Waals surface area contributed by atoms with E-state index >= 15 is 0 Å². The number of fused-ring (bicyclic) bond motifs is 1. The van der Waals surface area contributed by atoms with E-state index in [0.29, 0.717) is 16.9 Å². The summed E-state index contributed by atoms with van der Waals surface area (Å²) in [6, 6.07) is 8.96. The SMILES string of the molecule is COc1ccc2c(c1)c(C(=O)CCc1cc(F)cc(F)c1)c(C)n2C. The quantitative estimate of drug-likeness (QED) is 0.635. The standard InChI is InChI=1S/C20H19F2NO2/c1-12-20(17-11-16(25-3)5-6-18(17)23(12)2)19(24)7-4-13-8-14(21)10-15(22)9-13/h5-6,8-11H,4,7H2,1-3H3. The van der Waals surface area contributed by atoms with Crippen LogP contribution >= 0.6 is 0 Å². The molecule has 0 bridgehead atoms. The Morgan fingerprint density at radius 3 is 2.44 bits per heavy atom. The molecule has 2 aromatic carbocycles. The summed E-state index contributed by atoms with van der Waals surface area (Å²) in [7, 11) is 3.49. The van der Waals surface area contributed by atoms with Gasteiger partial charge in [0.05, 0.1) is 7.11 Å². The third kappa shape index (κ3) is 3.27. The summed E-state index contributed by atoms with van der Waals surface area (Å²) < 4.78 is 33.8. The number of carbonyl (C=O) groups is 1. The molecule has 0 spiro atoms. The average molecular weight is 343 g/mol. The van der Waals surface area contributed by atoms with E-state index in [0.717, 1.165) is 22.7 Å². The van der Waals surface area contributed by atoms with E-state index in [2.05, 4.69) is 0 Å². The number of methoxy groups -OCH3 is 1. The van der Waals surface area contributed by atoms with Gasteiger partial charge in [0.15, 0.2) is 5.78 Å². The summed E-state index contributed by atoms with van der Waals surface area (Å²) in [5.41, 5.74) is 2.91. The molecule has 0 unspecified atom stereocenters. The van der Waals surface area contributed by atoms with Crippen molar-refractivity contribution in [1.82, 2.24) is 4.57 Å². The van der Waals surface area contributed by atoms with Crippen molar-refractivity contribution in [2.45, 2.75) is 19.8 Å². The number of rotatable bonds is 5. The number of ether oxygens (including phenoxy) is 1. The molecule has 3 nitrogen and oxygen atoms in total. The second-order valence-electron chi connectivity index (χ2n) is 6.10. The van der Waals surface area contributed by atoms with Gasteiger partial charge in [-0.05, 0) is 49.2 Å². The Labute approximate surface area is 144 Å². The van der Waals surface area contributed by atoms with Crippen LogP contribution < -0.4 is 4.74 Å². The maximum atomic E-state index is 13.3. The number of carbonyl (C=O) groups excluding carboxylic acids is 1. The fraction of sp³-hybridized carbons (Fsp3) is 0.250. The number of halogens is 2. The van der Waals surface area contributed by atoms with Crippen molar-refractivity contribution in [2.75, 3.05) is 7.11 Å². The van der Waals surface area contributed by atoms with Gasteiger partial charge in [0, 0.05) is 41.7 Å². The Balaban J connectivity index is 1.92. The Morgan fingerprint density at radius 1 is 1.12 bits per heavy atom. The normalized spacial score (nSPS) is 11.1. The van der Waals surface area contributed by atoms with Crippen LogP contribution in [0.1, 0.15) is 28.0 Å². The van der Waals surface area contributed by atoms with Gasteiger partial charge in [-0.25, -0.2) is 8.78 Å². The number of ketones is 1. The van der Waals surface area contributed by atoms with Crippen LogP contribution in [0.4, 0.5) is 8.78 Å². The van der Waals surface area contributed by atoms with E-state index in [4.69, 9.17) is 4.74 Å². The summed E-state index contributed by atoms with van der Waals surface area (Å²) in [5, 5.41) is 0.828. The molecular weight excluding hydrogens is 324 g/mol. The van der Waals surface area contributed by atoms with Crippen molar-refractivity contribution in [2.24, 2.45) is 7.05 Å². The number of hydrogen-bond acceptors (Lipinski definition) is 2. The molecular formula is C20H19F2NO2. The van der Waals surface area contributed by atoms with Gasteiger partial charge in [-0.3, -0.25) is 4.79 Å². The highest BCUT2D eigenvalue weighted by Gasteiger charge is 2.19. The lowest BCUT2D eigenvalue weighted by molar-refractivity contribution is 0.0983. The highest BCUT2D eigenvalue weighted by atomic mass is 19.1. The van der Waals surface area contributed by atoms with Crippen molar-refractivity contribution in [1.29, 1.82) is 0 Å². The van der Waals surface area contributed by atoms with Crippen LogP contribution in [0.5, 0.6) is 5.75 Å². The van der Waals surface area contributed by atoms with Gasteiger partial charge in [0.2, 0.25) is 0 Å². The number of benzene rings is 2. The minimum Gasteiger partial charge on any atom is -0.497 e. The van der Waals surface area contributed by atoms with Crippen molar-refractivity contribution >= 4 is 16.7 Å². The molecule has 0 amide bonds. The molecule has 0 N–H and O–H groups in total. The van der Waals surface area contributed by atoms with Gasteiger partial charge in [-0.2, -0.15) is 0 Å². The van der Waals surface area contributed by atoms with E-state index < -0.39 is 11.6 Å². The lowest BCUT2D eigenvalue weighted by atomic mass is 10.00. The molecule has 0 atom stereocenters. The zero-order valence-corrected chi connectivity index (χ0v) is 14.4. The van der Waals surface area contributed by atoms with Gasteiger partial charge in [0.25, 0.3) is 0 Å². The molecule has 0 aliphatic carbocycles.